The van der Waals surface area contributed by atoms with Crippen molar-refractivity contribution in [3.05, 3.63) is 33.8 Å². The number of ether oxygens (including phenoxy) is 1. The summed E-state index contributed by atoms with van der Waals surface area (Å²) in [5.74, 6) is 0. The Labute approximate surface area is 142 Å². The molecule has 0 saturated carbocycles. The van der Waals surface area contributed by atoms with Crippen LogP contribution in [0.1, 0.15) is 45.2 Å². The lowest BCUT2D eigenvalue weighted by atomic mass is 10.1. The number of hydrogen-bond donors (Lipinski definition) is 2. The standard InChI is InChI=1S/C17H27BrN2O2/c1-6-14(11-20-16(21)22-17(3,4)5)19-10-13-8-7-12(2)9-15(13)18/h7-9,14,19H,6,10-11H2,1-5H3,(H,20,21). The SMILES string of the molecule is CCC(CNC(=O)OC(C)(C)C)NCc1ccc(C)cc1Br. The highest BCUT2D eigenvalue weighted by molar-refractivity contribution is 9.10. The Morgan fingerprint density at radius 2 is 2.05 bits per heavy atom. The van der Waals surface area contributed by atoms with Gasteiger partial charge in [0, 0.05) is 23.6 Å². The van der Waals surface area contributed by atoms with Gasteiger partial charge in [0.05, 0.1) is 0 Å². The van der Waals surface area contributed by atoms with Gasteiger partial charge in [-0.25, -0.2) is 4.79 Å². The molecule has 5 heteroatoms. The first-order valence-electron chi connectivity index (χ1n) is 7.66. The number of benzene rings is 1. The Hall–Kier alpha value is -1.07. The van der Waals surface area contributed by atoms with E-state index in [-0.39, 0.29) is 12.1 Å². The number of hydrogen-bond acceptors (Lipinski definition) is 3. The van der Waals surface area contributed by atoms with Crippen LogP contribution in [0.25, 0.3) is 0 Å². The molecule has 1 unspecified atom stereocenters. The summed E-state index contributed by atoms with van der Waals surface area (Å²) in [6.07, 6.45) is 0.559. The lowest BCUT2D eigenvalue weighted by molar-refractivity contribution is 0.0522. The van der Waals surface area contributed by atoms with Crippen molar-refractivity contribution in [1.82, 2.24) is 10.6 Å². The van der Waals surface area contributed by atoms with Gasteiger partial charge in [0.25, 0.3) is 0 Å². The summed E-state index contributed by atoms with van der Waals surface area (Å²) < 4.78 is 6.35. The normalized spacial score (nSPS) is 12.8. The summed E-state index contributed by atoms with van der Waals surface area (Å²) in [7, 11) is 0. The zero-order valence-corrected chi connectivity index (χ0v) is 15.7. The van der Waals surface area contributed by atoms with E-state index in [0.29, 0.717) is 6.54 Å². The Morgan fingerprint density at radius 3 is 2.59 bits per heavy atom. The van der Waals surface area contributed by atoms with E-state index in [1.165, 1.54) is 11.1 Å². The second-order valence-corrected chi connectivity index (χ2v) is 7.32. The average Bonchev–Trinajstić information content (AvgIpc) is 2.38. The first kappa shape index (κ1) is 19.0. The summed E-state index contributed by atoms with van der Waals surface area (Å²) in [5, 5.41) is 6.28. The quantitative estimate of drug-likeness (QED) is 0.790. The Kier molecular flexibility index (Phi) is 7.36. The van der Waals surface area contributed by atoms with E-state index in [2.05, 4.69) is 58.6 Å². The van der Waals surface area contributed by atoms with E-state index < -0.39 is 5.60 Å². The summed E-state index contributed by atoms with van der Waals surface area (Å²) in [5.41, 5.74) is 1.97. The van der Waals surface area contributed by atoms with Gasteiger partial charge in [0.2, 0.25) is 0 Å². The van der Waals surface area contributed by atoms with Crippen LogP contribution in [0.15, 0.2) is 22.7 Å². The molecule has 1 aromatic rings. The molecule has 0 aliphatic heterocycles. The molecule has 1 atom stereocenters. The van der Waals surface area contributed by atoms with Crippen LogP contribution < -0.4 is 10.6 Å². The Balaban J connectivity index is 2.43. The van der Waals surface area contributed by atoms with E-state index in [4.69, 9.17) is 4.74 Å². The van der Waals surface area contributed by atoms with Gasteiger partial charge in [-0.05, 0) is 51.3 Å². The van der Waals surface area contributed by atoms with Gasteiger partial charge in [0.1, 0.15) is 5.60 Å². The van der Waals surface area contributed by atoms with Gasteiger partial charge in [0.15, 0.2) is 0 Å². The van der Waals surface area contributed by atoms with Crippen LogP contribution in [0.4, 0.5) is 4.79 Å². The van der Waals surface area contributed by atoms with Gasteiger partial charge in [-0.3, -0.25) is 0 Å². The van der Waals surface area contributed by atoms with E-state index in [1.54, 1.807) is 0 Å². The highest BCUT2D eigenvalue weighted by Gasteiger charge is 2.17. The van der Waals surface area contributed by atoms with Crippen molar-refractivity contribution < 1.29 is 9.53 Å². The van der Waals surface area contributed by atoms with Gasteiger partial charge in [-0.15, -0.1) is 0 Å². The number of carbonyl (C=O) groups excluding carboxylic acids is 1. The number of rotatable bonds is 6. The van der Waals surface area contributed by atoms with Crippen molar-refractivity contribution >= 4 is 22.0 Å². The van der Waals surface area contributed by atoms with Crippen LogP contribution in [0.2, 0.25) is 0 Å². The number of carbonyl (C=O) groups is 1. The van der Waals surface area contributed by atoms with Crippen molar-refractivity contribution in [3.63, 3.8) is 0 Å². The third-order valence-corrected chi connectivity index (χ3v) is 3.91. The van der Waals surface area contributed by atoms with Crippen molar-refractivity contribution in [2.24, 2.45) is 0 Å². The molecule has 1 rings (SSSR count). The molecule has 22 heavy (non-hydrogen) atoms. The van der Waals surface area contributed by atoms with Gasteiger partial charge in [-0.1, -0.05) is 35.0 Å². The average molecular weight is 371 g/mol. The molecule has 124 valence electrons. The minimum absolute atomic E-state index is 0.209. The number of amides is 1. The number of nitrogens with one attached hydrogen (secondary N) is 2. The molecule has 0 aromatic heterocycles. The van der Waals surface area contributed by atoms with Crippen LogP contribution in [-0.2, 0) is 11.3 Å². The van der Waals surface area contributed by atoms with Crippen molar-refractivity contribution in [1.29, 1.82) is 0 Å². The maximum atomic E-state index is 11.7. The van der Waals surface area contributed by atoms with Crippen molar-refractivity contribution in [2.45, 2.75) is 59.2 Å². The zero-order chi connectivity index (χ0) is 16.8. The first-order chi connectivity index (χ1) is 10.2. The second kappa shape index (κ2) is 8.53. The highest BCUT2D eigenvalue weighted by Crippen LogP contribution is 2.18. The smallest absolute Gasteiger partial charge is 0.407 e. The predicted molar refractivity (Wildman–Crippen MR) is 94.0 cm³/mol. The van der Waals surface area contributed by atoms with Crippen LogP contribution in [0.5, 0.6) is 0 Å². The summed E-state index contributed by atoms with van der Waals surface area (Å²) in [4.78, 5) is 11.7. The van der Waals surface area contributed by atoms with Crippen molar-refractivity contribution in [2.75, 3.05) is 6.54 Å². The molecule has 0 radical (unpaired) electrons. The van der Waals surface area contributed by atoms with Crippen LogP contribution in [0.3, 0.4) is 0 Å². The number of alkyl carbamates (subject to hydrolysis) is 1. The third kappa shape index (κ3) is 7.27. The molecule has 4 nitrogen and oxygen atoms in total. The lowest BCUT2D eigenvalue weighted by Crippen LogP contribution is -2.42. The van der Waals surface area contributed by atoms with E-state index in [0.717, 1.165) is 17.4 Å². The molecule has 0 aliphatic rings. The monoisotopic (exact) mass is 370 g/mol. The Morgan fingerprint density at radius 1 is 1.36 bits per heavy atom. The summed E-state index contributed by atoms with van der Waals surface area (Å²) in [6.45, 7) is 11.1. The Bertz CT molecular complexity index is 498. The molecular weight excluding hydrogens is 344 g/mol. The zero-order valence-electron chi connectivity index (χ0n) is 14.1. The molecule has 0 saturated heterocycles. The number of aryl methyl sites for hydroxylation is 1. The maximum Gasteiger partial charge on any atom is 0.407 e. The lowest BCUT2D eigenvalue weighted by Gasteiger charge is -2.22. The van der Waals surface area contributed by atoms with Gasteiger partial charge in [-0.2, -0.15) is 0 Å². The fraction of sp³-hybridized carbons (Fsp3) is 0.588. The van der Waals surface area contributed by atoms with Crippen LogP contribution in [-0.4, -0.2) is 24.3 Å². The molecule has 0 spiro atoms. The minimum atomic E-state index is -0.466. The van der Waals surface area contributed by atoms with Gasteiger partial charge < -0.3 is 15.4 Å². The first-order valence-corrected chi connectivity index (χ1v) is 8.46. The molecule has 2 N–H and O–H groups in total. The molecular formula is C17H27BrN2O2. The molecule has 0 heterocycles. The van der Waals surface area contributed by atoms with Crippen molar-refractivity contribution in [3.8, 4) is 0 Å². The second-order valence-electron chi connectivity index (χ2n) is 6.46. The number of halogens is 1. The molecule has 0 fully saturated rings. The summed E-state index contributed by atoms with van der Waals surface area (Å²) in [6, 6.07) is 6.53. The minimum Gasteiger partial charge on any atom is -0.444 e. The molecule has 1 aromatic carbocycles. The van der Waals surface area contributed by atoms with E-state index in [1.807, 2.05) is 20.8 Å². The fourth-order valence-electron chi connectivity index (χ4n) is 1.93. The van der Waals surface area contributed by atoms with E-state index >= 15 is 0 Å². The van der Waals surface area contributed by atoms with Crippen LogP contribution >= 0.6 is 15.9 Å². The van der Waals surface area contributed by atoms with Gasteiger partial charge >= 0.3 is 6.09 Å². The molecule has 0 aliphatic carbocycles. The fourth-order valence-corrected chi connectivity index (χ4v) is 2.56. The molecule has 0 bridgehead atoms. The maximum absolute atomic E-state index is 11.7. The largest absolute Gasteiger partial charge is 0.444 e. The summed E-state index contributed by atoms with van der Waals surface area (Å²) >= 11 is 3.58. The van der Waals surface area contributed by atoms with E-state index in [9.17, 15) is 4.79 Å². The van der Waals surface area contributed by atoms with Crippen LogP contribution in [0, 0.1) is 6.92 Å². The highest BCUT2D eigenvalue weighted by atomic mass is 79.9. The molecule has 1 amide bonds. The topological polar surface area (TPSA) is 50.4 Å². The predicted octanol–water partition coefficient (Wildman–Crippen LogP) is 4.15. The third-order valence-electron chi connectivity index (χ3n) is 3.17.